The van der Waals surface area contributed by atoms with E-state index in [1.165, 1.54) is 0 Å². The summed E-state index contributed by atoms with van der Waals surface area (Å²) in [5, 5.41) is 12.4. The van der Waals surface area contributed by atoms with E-state index in [1.54, 1.807) is 10.9 Å². The molecule has 0 fully saturated rings. The summed E-state index contributed by atoms with van der Waals surface area (Å²) >= 11 is 0. The lowest BCUT2D eigenvalue weighted by atomic mass is 10.4. The number of aryl methyl sites for hydroxylation is 2. The van der Waals surface area contributed by atoms with Crippen molar-refractivity contribution in [2.75, 3.05) is 5.73 Å². The van der Waals surface area contributed by atoms with Crippen molar-refractivity contribution in [3.05, 3.63) is 11.9 Å². The van der Waals surface area contributed by atoms with E-state index in [0.717, 1.165) is 5.69 Å². The maximum atomic E-state index is 8.28. The number of rotatable bonds is 2. The molecule has 0 aromatic carbocycles. The Morgan fingerprint density at radius 3 is 3.00 bits per heavy atom. The Morgan fingerprint density at radius 1 is 1.82 bits per heavy atom. The molecule has 1 heterocycles. The molecule has 58 valence electrons. The normalized spacial score (nSPS) is 9.45. The van der Waals surface area contributed by atoms with Crippen LogP contribution in [0.5, 0.6) is 0 Å². The Labute approximate surface area is 65.2 Å². The summed E-state index contributed by atoms with van der Waals surface area (Å²) in [6.45, 7) is 2.47. The van der Waals surface area contributed by atoms with E-state index in [0.29, 0.717) is 18.7 Å². The van der Waals surface area contributed by atoms with Gasteiger partial charge >= 0.3 is 0 Å². The number of anilines is 1. The second kappa shape index (κ2) is 3.06. The van der Waals surface area contributed by atoms with Crippen LogP contribution >= 0.6 is 0 Å². The average molecular weight is 150 g/mol. The second-order valence-corrected chi connectivity index (χ2v) is 2.34. The molecular formula is C7H10N4. The smallest absolute Gasteiger partial charge is 0.0822 e. The van der Waals surface area contributed by atoms with Crippen molar-refractivity contribution in [3.8, 4) is 6.07 Å². The molecule has 4 nitrogen and oxygen atoms in total. The summed E-state index contributed by atoms with van der Waals surface area (Å²) < 4.78 is 1.69. The summed E-state index contributed by atoms with van der Waals surface area (Å²) in [5.74, 6) is 0. The van der Waals surface area contributed by atoms with Gasteiger partial charge in [-0.15, -0.1) is 0 Å². The molecule has 0 aliphatic rings. The van der Waals surface area contributed by atoms with Gasteiger partial charge in [-0.3, -0.25) is 4.68 Å². The van der Waals surface area contributed by atoms with Crippen molar-refractivity contribution in [1.82, 2.24) is 9.78 Å². The highest BCUT2D eigenvalue weighted by Gasteiger charge is 1.98. The van der Waals surface area contributed by atoms with Crippen molar-refractivity contribution in [3.63, 3.8) is 0 Å². The summed E-state index contributed by atoms with van der Waals surface area (Å²) in [5.41, 5.74) is 7.05. The van der Waals surface area contributed by atoms with Crippen LogP contribution < -0.4 is 5.73 Å². The van der Waals surface area contributed by atoms with Crippen LogP contribution in [0.15, 0.2) is 6.20 Å². The van der Waals surface area contributed by atoms with Crippen molar-refractivity contribution in [1.29, 1.82) is 5.26 Å². The predicted molar refractivity (Wildman–Crippen MR) is 41.6 cm³/mol. The average Bonchev–Trinajstić information content (AvgIpc) is 2.28. The standard InChI is InChI=1S/C7H10N4/c1-6-7(9)5-11(10-6)4-2-3-8/h5H,2,4,9H2,1H3. The topological polar surface area (TPSA) is 67.6 Å². The van der Waals surface area contributed by atoms with Crippen LogP contribution in [-0.2, 0) is 6.54 Å². The quantitative estimate of drug-likeness (QED) is 0.674. The molecule has 0 aliphatic carbocycles. The number of hydrogen-bond donors (Lipinski definition) is 1. The van der Waals surface area contributed by atoms with Gasteiger partial charge in [0.1, 0.15) is 0 Å². The Bertz CT molecular complexity index is 262. The van der Waals surface area contributed by atoms with Gasteiger partial charge in [0.25, 0.3) is 0 Å². The third-order valence-electron chi connectivity index (χ3n) is 1.44. The van der Waals surface area contributed by atoms with E-state index in [1.807, 2.05) is 13.0 Å². The van der Waals surface area contributed by atoms with Gasteiger partial charge in [0.15, 0.2) is 0 Å². The monoisotopic (exact) mass is 150 g/mol. The lowest BCUT2D eigenvalue weighted by Gasteiger charge is -1.92. The molecule has 1 aromatic heterocycles. The third kappa shape index (κ3) is 1.71. The van der Waals surface area contributed by atoms with Crippen molar-refractivity contribution in [2.24, 2.45) is 0 Å². The van der Waals surface area contributed by atoms with E-state index < -0.39 is 0 Å². The predicted octanol–water partition coefficient (Wildman–Crippen LogP) is 0.687. The fourth-order valence-electron chi connectivity index (χ4n) is 0.812. The molecule has 0 saturated heterocycles. The fourth-order valence-corrected chi connectivity index (χ4v) is 0.812. The van der Waals surface area contributed by atoms with Gasteiger partial charge in [-0.25, -0.2) is 0 Å². The van der Waals surface area contributed by atoms with Crippen LogP contribution in [0.1, 0.15) is 12.1 Å². The summed E-state index contributed by atoms with van der Waals surface area (Å²) in [6.07, 6.45) is 2.22. The molecule has 0 saturated carbocycles. The molecule has 0 aliphatic heterocycles. The Hall–Kier alpha value is -1.50. The number of nitriles is 1. The zero-order valence-corrected chi connectivity index (χ0v) is 6.41. The number of aromatic nitrogens is 2. The Morgan fingerprint density at radius 2 is 2.55 bits per heavy atom. The molecular weight excluding hydrogens is 140 g/mol. The first-order valence-electron chi connectivity index (χ1n) is 3.40. The lowest BCUT2D eigenvalue weighted by Crippen LogP contribution is -1.97. The number of hydrogen-bond acceptors (Lipinski definition) is 3. The molecule has 0 bridgehead atoms. The Balaban J connectivity index is 2.67. The van der Waals surface area contributed by atoms with Gasteiger partial charge in [0.05, 0.1) is 30.4 Å². The molecule has 1 aromatic rings. The maximum Gasteiger partial charge on any atom is 0.0822 e. The molecule has 4 heteroatoms. The minimum absolute atomic E-state index is 0.473. The molecule has 0 atom stereocenters. The molecule has 0 spiro atoms. The fraction of sp³-hybridized carbons (Fsp3) is 0.429. The summed E-state index contributed by atoms with van der Waals surface area (Å²) in [4.78, 5) is 0. The summed E-state index contributed by atoms with van der Waals surface area (Å²) in [6, 6.07) is 2.04. The maximum absolute atomic E-state index is 8.28. The number of nitrogen functional groups attached to an aromatic ring is 1. The number of nitrogens with two attached hydrogens (primary N) is 1. The molecule has 0 radical (unpaired) electrons. The van der Waals surface area contributed by atoms with Gasteiger partial charge < -0.3 is 5.73 Å². The first-order valence-corrected chi connectivity index (χ1v) is 3.40. The molecule has 2 N–H and O–H groups in total. The zero-order chi connectivity index (χ0) is 8.27. The van der Waals surface area contributed by atoms with Crippen LogP contribution in [0.3, 0.4) is 0 Å². The van der Waals surface area contributed by atoms with Gasteiger partial charge in [-0.2, -0.15) is 10.4 Å². The van der Waals surface area contributed by atoms with E-state index in [2.05, 4.69) is 5.10 Å². The molecule has 0 unspecified atom stereocenters. The third-order valence-corrected chi connectivity index (χ3v) is 1.44. The molecule has 11 heavy (non-hydrogen) atoms. The van der Waals surface area contributed by atoms with Crippen LogP contribution in [0, 0.1) is 18.3 Å². The zero-order valence-electron chi connectivity index (χ0n) is 6.41. The van der Waals surface area contributed by atoms with Crippen molar-refractivity contribution in [2.45, 2.75) is 19.9 Å². The second-order valence-electron chi connectivity index (χ2n) is 2.34. The van der Waals surface area contributed by atoms with Gasteiger partial charge in [-0.1, -0.05) is 0 Å². The SMILES string of the molecule is Cc1nn(CCC#N)cc1N. The first kappa shape index (κ1) is 7.61. The van der Waals surface area contributed by atoms with Crippen LogP contribution in [0.25, 0.3) is 0 Å². The summed E-state index contributed by atoms with van der Waals surface area (Å²) in [7, 11) is 0. The molecule has 0 amide bonds. The minimum atomic E-state index is 0.473. The van der Waals surface area contributed by atoms with Gasteiger partial charge in [0.2, 0.25) is 0 Å². The number of nitrogens with zero attached hydrogens (tertiary/aromatic N) is 3. The highest BCUT2D eigenvalue weighted by Crippen LogP contribution is 2.06. The van der Waals surface area contributed by atoms with E-state index >= 15 is 0 Å². The van der Waals surface area contributed by atoms with Crippen LogP contribution in [0.4, 0.5) is 5.69 Å². The van der Waals surface area contributed by atoms with Crippen LogP contribution in [0.2, 0.25) is 0 Å². The van der Waals surface area contributed by atoms with Crippen molar-refractivity contribution < 1.29 is 0 Å². The largest absolute Gasteiger partial charge is 0.396 e. The van der Waals surface area contributed by atoms with Gasteiger partial charge in [-0.05, 0) is 6.92 Å². The highest BCUT2D eigenvalue weighted by atomic mass is 15.3. The van der Waals surface area contributed by atoms with Gasteiger partial charge in [0, 0.05) is 6.20 Å². The van der Waals surface area contributed by atoms with Crippen molar-refractivity contribution >= 4 is 5.69 Å². The van der Waals surface area contributed by atoms with Crippen LogP contribution in [-0.4, -0.2) is 9.78 Å². The minimum Gasteiger partial charge on any atom is -0.396 e. The van der Waals surface area contributed by atoms with E-state index in [4.69, 9.17) is 11.0 Å². The van der Waals surface area contributed by atoms with E-state index in [9.17, 15) is 0 Å². The Kier molecular flexibility index (Phi) is 2.12. The lowest BCUT2D eigenvalue weighted by molar-refractivity contribution is 0.622. The first-order chi connectivity index (χ1) is 5.24. The molecule has 1 rings (SSSR count). The van der Waals surface area contributed by atoms with E-state index in [-0.39, 0.29) is 0 Å². The highest BCUT2D eigenvalue weighted by molar-refractivity contribution is 5.39.